The summed E-state index contributed by atoms with van der Waals surface area (Å²) in [5.74, 6) is 0.672. The van der Waals surface area contributed by atoms with Gasteiger partial charge in [0.2, 0.25) is 0 Å². The van der Waals surface area contributed by atoms with Gasteiger partial charge in [-0.05, 0) is 50.9 Å². The van der Waals surface area contributed by atoms with Crippen LogP contribution in [0.15, 0.2) is 11.6 Å². The van der Waals surface area contributed by atoms with Gasteiger partial charge in [0.1, 0.15) is 0 Å². The summed E-state index contributed by atoms with van der Waals surface area (Å²) >= 11 is 0. The number of allylic oxidation sites excluding steroid dienone is 2. The Hall–Kier alpha value is -0.300. The zero-order chi connectivity index (χ0) is 10.8. The van der Waals surface area contributed by atoms with E-state index < -0.39 is 0 Å². The molecule has 2 atom stereocenters. The molecule has 1 heteroatoms. The molecule has 0 aliphatic heterocycles. The molecule has 0 amide bonds. The Morgan fingerprint density at radius 3 is 2.71 bits per heavy atom. The van der Waals surface area contributed by atoms with Crippen LogP contribution in [0.2, 0.25) is 0 Å². The molecule has 0 radical (unpaired) electrons. The summed E-state index contributed by atoms with van der Waals surface area (Å²) in [7, 11) is 0. The Kier molecular flexibility index (Phi) is 3.77. The van der Waals surface area contributed by atoms with Crippen LogP contribution in [0.1, 0.15) is 53.4 Å². The number of aliphatic hydroxyl groups excluding tert-OH is 1. The van der Waals surface area contributed by atoms with Crippen LogP contribution in [0.4, 0.5) is 0 Å². The van der Waals surface area contributed by atoms with Crippen LogP contribution in [0, 0.1) is 11.3 Å². The molecule has 1 N–H and O–H groups in total. The summed E-state index contributed by atoms with van der Waals surface area (Å²) in [6, 6.07) is 0. The molecule has 0 bridgehead atoms. The minimum atomic E-state index is -0.152. The third-order valence-corrected chi connectivity index (χ3v) is 3.62. The fourth-order valence-corrected chi connectivity index (χ4v) is 2.63. The van der Waals surface area contributed by atoms with E-state index >= 15 is 0 Å². The van der Waals surface area contributed by atoms with Gasteiger partial charge in [0, 0.05) is 0 Å². The molecule has 0 aromatic heterocycles. The third-order valence-electron chi connectivity index (χ3n) is 3.62. The number of aliphatic hydroxyl groups is 1. The first kappa shape index (κ1) is 11.8. The van der Waals surface area contributed by atoms with Gasteiger partial charge in [-0.15, -0.1) is 0 Å². The van der Waals surface area contributed by atoms with Gasteiger partial charge in [0.05, 0.1) is 6.10 Å². The van der Waals surface area contributed by atoms with Crippen molar-refractivity contribution in [2.45, 2.75) is 59.5 Å². The lowest BCUT2D eigenvalue weighted by Crippen LogP contribution is -2.28. The molecular formula is C13H24O. The van der Waals surface area contributed by atoms with Crippen LogP contribution in [0.25, 0.3) is 0 Å². The minimum absolute atomic E-state index is 0.152. The average molecular weight is 196 g/mol. The van der Waals surface area contributed by atoms with Crippen LogP contribution in [-0.2, 0) is 0 Å². The van der Waals surface area contributed by atoms with Gasteiger partial charge in [0.15, 0.2) is 0 Å². The quantitative estimate of drug-likeness (QED) is 0.685. The largest absolute Gasteiger partial charge is 0.393 e. The van der Waals surface area contributed by atoms with E-state index in [9.17, 15) is 5.11 Å². The SMILES string of the molecule is CC1=CCCC(C)(C)[C@@H]1CC[C@@H](C)O. The maximum absolute atomic E-state index is 9.32. The molecule has 82 valence electrons. The molecule has 0 saturated carbocycles. The van der Waals surface area contributed by atoms with E-state index in [0.29, 0.717) is 11.3 Å². The number of hydrogen-bond donors (Lipinski definition) is 1. The monoisotopic (exact) mass is 196 g/mol. The summed E-state index contributed by atoms with van der Waals surface area (Å²) in [6.45, 7) is 8.84. The van der Waals surface area contributed by atoms with Crippen LogP contribution in [0.5, 0.6) is 0 Å². The van der Waals surface area contributed by atoms with E-state index in [1.807, 2.05) is 6.92 Å². The normalized spacial score (nSPS) is 28.4. The summed E-state index contributed by atoms with van der Waals surface area (Å²) in [5, 5.41) is 9.32. The van der Waals surface area contributed by atoms with Crippen LogP contribution < -0.4 is 0 Å². The minimum Gasteiger partial charge on any atom is -0.393 e. The summed E-state index contributed by atoms with van der Waals surface area (Å²) in [5.41, 5.74) is 1.95. The lowest BCUT2D eigenvalue weighted by Gasteiger charge is -2.38. The maximum Gasteiger partial charge on any atom is 0.0512 e. The second kappa shape index (κ2) is 4.48. The first-order chi connectivity index (χ1) is 6.43. The van der Waals surface area contributed by atoms with Crippen LogP contribution in [0.3, 0.4) is 0 Å². The topological polar surface area (TPSA) is 20.2 Å². The summed E-state index contributed by atoms with van der Waals surface area (Å²) in [4.78, 5) is 0. The molecule has 0 aromatic carbocycles. The summed E-state index contributed by atoms with van der Waals surface area (Å²) < 4.78 is 0. The van der Waals surface area contributed by atoms with Crippen molar-refractivity contribution in [3.8, 4) is 0 Å². The molecule has 1 aliphatic carbocycles. The van der Waals surface area contributed by atoms with Crippen molar-refractivity contribution in [1.29, 1.82) is 0 Å². The second-order valence-electron chi connectivity index (χ2n) is 5.45. The molecule has 0 spiro atoms. The highest BCUT2D eigenvalue weighted by molar-refractivity contribution is 5.11. The van der Waals surface area contributed by atoms with Crippen molar-refractivity contribution >= 4 is 0 Å². The van der Waals surface area contributed by atoms with Gasteiger partial charge in [-0.25, -0.2) is 0 Å². The fourth-order valence-electron chi connectivity index (χ4n) is 2.63. The zero-order valence-corrected chi connectivity index (χ0v) is 10.0. The molecular weight excluding hydrogens is 172 g/mol. The molecule has 1 nitrogen and oxygen atoms in total. The Labute approximate surface area is 88.2 Å². The van der Waals surface area contributed by atoms with Crippen LogP contribution in [-0.4, -0.2) is 11.2 Å². The van der Waals surface area contributed by atoms with Crippen molar-refractivity contribution in [2.75, 3.05) is 0 Å². The van der Waals surface area contributed by atoms with Gasteiger partial charge in [-0.3, -0.25) is 0 Å². The van der Waals surface area contributed by atoms with Crippen molar-refractivity contribution in [2.24, 2.45) is 11.3 Å². The second-order valence-corrected chi connectivity index (χ2v) is 5.45. The predicted molar refractivity (Wildman–Crippen MR) is 61.2 cm³/mol. The molecule has 0 saturated heterocycles. The molecule has 0 fully saturated rings. The van der Waals surface area contributed by atoms with E-state index in [2.05, 4.69) is 26.8 Å². The lowest BCUT2D eigenvalue weighted by atomic mass is 9.67. The Morgan fingerprint density at radius 1 is 1.57 bits per heavy atom. The average Bonchev–Trinajstić information content (AvgIpc) is 2.01. The molecule has 0 unspecified atom stereocenters. The fraction of sp³-hybridized carbons (Fsp3) is 0.846. The summed E-state index contributed by atoms with van der Waals surface area (Å²) in [6.07, 6.45) is 6.80. The van der Waals surface area contributed by atoms with Gasteiger partial charge in [0.25, 0.3) is 0 Å². The van der Waals surface area contributed by atoms with E-state index in [1.165, 1.54) is 18.4 Å². The highest BCUT2D eigenvalue weighted by Crippen LogP contribution is 2.43. The Balaban J connectivity index is 2.62. The smallest absolute Gasteiger partial charge is 0.0512 e. The molecule has 0 aromatic rings. The first-order valence-corrected chi connectivity index (χ1v) is 5.78. The van der Waals surface area contributed by atoms with Gasteiger partial charge < -0.3 is 5.11 Å². The highest BCUT2D eigenvalue weighted by Gasteiger charge is 2.32. The van der Waals surface area contributed by atoms with E-state index in [1.54, 1.807) is 0 Å². The molecule has 14 heavy (non-hydrogen) atoms. The third kappa shape index (κ3) is 2.84. The van der Waals surface area contributed by atoms with E-state index in [-0.39, 0.29) is 6.10 Å². The van der Waals surface area contributed by atoms with E-state index in [0.717, 1.165) is 12.8 Å². The lowest BCUT2D eigenvalue weighted by molar-refractivity contribution is 0.144. The highest BCUT2D eigenvalue weighted by atomic mass is 16.3. The number of rotatable bonds is 3. The first-order valence-electron chi connectivity index (χ1n) is 5.78. The van der Waals surface area contributed by atoms with Gasteiger partial charge in [-0.2, -0.15) is 0 Å². The predicted octanol–water partition coefficient (Wildman–Crippen LogP) is 3.53. The molecule has 1 aliphatic rings. The van der Waals surface area contributed by atoms with E-state index in [4.69, 9.17) is 0 Å². The Morgan fingerprint density at radius 2 is 2.21 bits per heavy atom. The van der Waals surface area contributed by atoms with Gasteiger partial charge >= 0.3 is 0 Å². The maximum atomic E-state index is 9.32. The van der Waals surface area contributed by atoms with Crippen molar-refractivity contribution in [1.82, 2.24) is 0 Å². The van der Waals surface area contributed by atoms with Gasteiger partial charge in [-0.1, -0.05) is 25.5 Å². The standard InChI is InChI=1S/C13H24O/c1-10-6-5-9-13(3,4)12(10)8-7-11(2)14/h6,11-12,14H,5,7-9H2,1-4H3/t11-,12-/m1/s1. The zero-order valence-electron chi connectivity index (χ0n) is 10.0. The molecule has 0 heterocycles. The van der Waals surface area contributed by atoms with Crippen LogP contribution >= 0.6 is 0 Å². The van der Waals surface area contributed by atoms with Crippen molar-refractivity contribution in [3.63, 3.8) is 0 Å². The van der Waals surface area contributed by atoms with Crippen molar-refractivity contribution < 1.29 is 5.11 Å². The number of hydrogen-bond acceptors (Lipinski definition) is 1. The Bertz CT molecular complexity index is 213. The molecule has 1 rings (SSSR count). The van der Waals surface area contributed by atoms with Crippen molar-refractivity contribution in [3.05, 3.63) is 11.6 Å².